The van der Waals surface area contributed by atoms with Crippen LogP contribution in [0.25, 0.3) is 0 Å². The highest BCUT2D eigenvalue weighted by molar-refractivity contribution is 6.07. The van der Waals surface area contributed by atoms with Crippen LogP contribution in [-0.2, 0) is 15.7 Å². The molecule has 0 radical (unpaired) electrons. The summed E-state index contributed by atoms with van der Waals surface area (Å²) < 4.78 is 61.9. The summed E-state index contributed by atoms with van der Waals surface area (Å²) >= 11 is 0. The predicted molar refractivity (Wildman–Crippen MR) is 158 cm³/mol. The zero-order valence-corrected chi connectivity index (χ0v) is 25.2. The normalized spacial score (nSPS) is 26.5. The Morgan fingerprint density at radius 2 is 1.91 bits per heavy atom. The van der Waals surface area contributed by atoms with Gasteiger partial charge in [0.15, 0.2) is 5.69 Å². The van der Waals surface area contributed by atoms with Gasteiger partial charge < -0.3 is 15.0 Å². The van der Waals surface area contributed by atoms with Crippen molar-refractivity contribution in [1.82, 2.24) is 20.0 Å². The van der Waals surface area contributed by atoms with Gasteiger partial charge in [0, 0.05) is 36.2 Å². The number of anilines is 1. The molecule has 4 aliphatic rings. The molecule has 2 saturated heterocycles. The topological polar surface area (TPSA) is 121 Å². The van der Waals surface area contributed by atoms with E-state index in [1.807, 2.05) is 0 Å². The first-order valence-electron chi connectivity index (χ1n) is 15.5. The maximum atomic E-state index is 14.5. The van der Waals surface area contributed by atoms with Crippen LogP contribution in [0.5, 0.6) is 0 Å². The lowest BCUT2D eigenvalue weighted by Gasteiger charge is -2.39. The van der Waals surface area contributed by atoms with Crippen LogP contribution in [0.15, 0.2) is 48.5 Å². The molecule has 1 N–H and O–H groups in total. The number of likely N-dealkylation sites (N-methyl/N-ethyl adjacent to an activating group) is 1. The molecule has 1 aromatic heterocycles. The standard InChI is InChI=1S/C33H30F4N6O4/c1-2-41-30-26(28(40-43(30)22-10-11-47-16-22)32(46)42-23(15-38)13-19-14-24(19)42)25(17-6-8-21(34)9-7-17)27(31(41)45)39-29(44)18-4-3-5-20(12-18)33(35,36)37/h3-9,12,19,22-25,27H,2,10-11,13-14,16H2,1H3,(H,39,44)/t19-,22+,23-,24+,25-,27-/m0/s1. The smallest absolute Gasteiger partial charge is 0.379 e. The van der Waals surface area contributed by atoms with Gasteiger partial charge in [-0.15, -0.1) is 0 Å². The minimum Gasteiger partial charge on any atom is -0.379 e. The third-order valence-corrected chi connectivity index (χ3v) is 9.58. The van der Waals surface area contributed by atoms with E-state index in [0.717, 1.165) is 18.6 Å². The zero-order chi connectivity index (χ0) is 33.2. The number of carbonyl (C=O) groups excluding carboxylic acids is 3. The SMILES string of the molecule is CCN1C(=O)[C@@H](NC(=O)c2cccc(C(F)(F)F)c2)[C@@H](c2ccc(F)cc2)c2c(C(=O)N3[C@H](C#N)C[C@H]4C[C@H]43)nn([C@@H]3CCOC3)c21. The van der Waals surface area contributed by atoms with Crippen molar-refractivity contribution < 1.29 is 36.7 Å². The average Bonchev–Trinajstić information content (AvgIpc) is 3.39. The summed E-state index contributed by atoms with van der Waals surface area (Å²) in [6.07, 6.45) is -2.84. The van der Waals surface area contributed by atoms with Crippen LogP contribution in [0.1, 0.15) is 75.7 Å². The van der Waals surface area contributed by atoms with Crippen LogP contribution in [0.2, 0.25) is 0 Å². The molecule has 0 unspecified atom stereocenters. The Labute approximate surface area is 266 Å². The number of ether oxygens (including phenoxy) is 1. The lowest BCUT2D eigenvalue weighted by molar-refractivity contribution is -0.137. The van der Waals surface area contributed by atoms with Crippen molar-refractivity contribution in [2.45, 2.75) is 62.4 Å². The molecule has 14 heteroatoms. The first-order chi connectivity index (χ1) is 22.5. The molecule has 4 heterocycles. The van der Waals surface area contributed by atoms with Crippen molar-refractivity contribution in [2.75, 3.05) is 24.7 Å². The molecule has 3 amide bonds. The number of fused-ring (bicyclic) bond motifs is 2. The first-order valence-corrected chi connectivity index (χ1v) is 15.5. The minimum absolute atomic E-state index is 0.00158. The summed E-state index contributed by atoms with van der Waals surface area (Å²) in [5, 5.41) is 17.3. The van der Waals surface area contributed by atoms with Crippen molar-refractivity contribution >= 4 is 23.5 Å². The van der Waals surface area contributed by atoms with Crippen LogP contribution in [-0.4, -0.2) is 70.3 Å². The number of amides is 3. The molecular weight excluding hydrogens is 620 g/mol. The van der Waals surface area contributed by atoms with Crippen LogP contribution < -0.4 is 10.2 Å². The third-order valence-electron chi connectivity index (χ3n) is 9.58. The van der Waals surface area contributed by atoms with Gasteiger partial charge in [0.25, 0.3) is 17.7 Å². The molecule has 3 fully saturated rings. The molecule has 0 bridgehead atoms. The second-order valence-electron chi connectivity index (χ2n) is 12.3. The van der Waals surface area contributed by atoms with E-state index in [-0.39, 0.29) is 42.4 Å². The van der Waals surface area contributed by atoms with E-state index in [4.69, 9.17) is 9.84 Å². The Morgan fingerprint density at radius 3 is 2.57 bits per heavy atom. The quantitative estimate of drug-likeness (QED) is 0.395. The molecule has 3 aromatic rings. The van der Waals surface area contributed by atoms with Gasteiger partial charge in [-0.1, -0.05) is 18.2 Å². The van der Waals surface area contributed by atoms with Crippen molar-refractivity contribution in [2.24, 2.45) is 5.92 Å². The third kappa shape index (κ3) is 5.22. The zero-order valence-electron chi connectivity index (χ0n) is 25.2. The van der Waals surface area contributed by atoms with Crippen molar-refractivity contribution in [3.05, 3.63) is 82.3 Å². The number of rotatable bonds is 6. The Hall–Kier alpha value is -4.77. The Bertz CT molecular complexity index is 1800. The Balaban J connectivity index is 1.40. The molecule has 6 atom stereocenters. The van der Waals surface area contributed by atoms with E-state index in [1.165, 1.54) is 35.2 Å². The van der Waals surface area contributed by atoms with Gasteiger partial charge in [0.1, 0.15) is 23.7 Å². The fourth-order valence-electron chi connectivity index (χ4n) is 7.23. The molecule has 47 heavy (non-hydrogen) atoms. The van der Waals surface area contributed by atoms with Crippen molar-refractivity contribution in [3.63, 3.8) is 0 Å². The van der Waals surface area contributed by atoms with Crippen molar-refractivity contribution in [1.29, 1.82) is 5.26 Å². The average molecular weight is 651 g/mol. The highest BCUT2D eigenvalue weighted by atomic mass is 19.4. The fraction of sp³-hybridized carbons (Fsp3) is 0.424. The van der Waals surface area contributed by atoms with Gasteiger partial charge >= 0.3 is 6.18 Å². The van der Waals surface area contributed by atoms with E-state index in [9.17, 15) is 37.2 Å². The molecule has 10 nitrogen and oxygen atoms in total. The lowest BCUT2D eigenvalue weighted by atomic mass is 9.80. The van der Waals surface area contributed by atoms with Crippen molar-refractivity contribution in [3.8, 4) is 6.07 Å². The van der Waals surface area contributed by atoms with E-state index in [1.54, 1.807) is 16.5 Å². The number of alkyl halides is 3. The van der Waals surface area contributed by atoms with Crippen LogP contribution in [0.3, 0.4) is 0 Å². The van der Waals surface area contributed by atoms with Gasteiger partial charge in [-0.05, 0) is 68.0 Å². The van der Waals surface area contributed by atoms with Gasteiger partial charge in [-0.2, -0.15) is 23.5 Å². The molecule has 0 spiro atoms. The number of halogens is 4. The number of benzene rings is 2. The summed E-state index contributed by atoms with van der Waals surface area (Å²) in [5.41, 5.74) is -0.659. The summed E-state index contributed by atoms with van der Waals surface area (Å²) in [7, 11) is 0. The molecule has 1 aliphatic carbocycles. The maximum absolute atomic E-state index is 14.5. The number of carbonyl (C=O) groups is 3. The van der Waals surface area contributed by atoms with E-state index in [2.05, 4.69) is 11.4 Å². The molecule has 244 valence electrons. The molecule has 7 rings (SSSR count). The highest BCUT2D eigenvalue weighted by Crippen LogP contribution is 2.50. The van der Waals surface area contributed by atoms with E-state index >= 15 is 0 Å². The summed E-state index contributed by atoms with van der Waals surface area (Å²) in [6, 6.07) is 8.84. The first kappa shape index (κ1) is 30.9. The molecule has 3 aliphatic heterocycles. The highest BCUT2D eigenvalue weighted by Gasteiger charge is 2.56. The van der Waals surface area contributed by atoms with Gasteiger partial charge in [-0.3, -0.25) is 19.3 Å². The molecule has 1 saturated carbocycles. The van der Waals surface area contributed by atoms with Crippen LogP contribution in [0, 0.1) is 23.1 Å². The van der Waals surface area contributed by atoms with Gasteiger partial charge in [0.05, 0.1) is 24.3 Å². The number of aromatic nitrogens is 2. The fourth-order valence-corrected chi connectivity index (χ4v) is 7.23. The van der Waals surface area contributed by atoms with Crippen LogP contribution in [0.4, 0.5) is 23.4 Å². The monoisotopic (exact) mass is 650 g/mol. The summed E-state index contributed by atoms with van der Waals surface area (Å²) in [6.45, 7) is 2.54. The predicted octanol–water partition coefficient (Wildman–Crippen LogP) is 4.43. The summed E-state index contributed by atoms with van der Waals surface area (Å²) in [4.78, 5) is 45.4. The summed E-state index contributed by atoms with van der Waals surface area (Å²) in [5.74, 6) is -3.09. The number of piperidine rings is 1. The van der Waals surface area contributed by atoms with Gasteiger partial charge in [0.2, 0.25) is 0 Å². The number of hydrogen-bond donors (Lipinski definition) is 1. The minimum atomic E-state index is -4.70. The molecule has 2 aromatic carbocycles. The maximum Gasteiger partial charge on any atom is 0.416 e. The second kappa shape index (κ2) is 11.5. The number of nitrogens with zero attached hydrogens (tertiary/aromatic N) is 5. The number of nitriles is 1. The lowest BCUT2D eigenvalue weighted by Crippen LogP contribution is -2.56. The van der Waals surface area contributed by atoms with Gasteiger partial charge in [-0.25, -0.2) is 9.07 Å². The number of hydrogen-bond acceptors (Lipinski definition) is 6. The Morgan fingerprint density at radius 1 is 1.15 bits per heavy atom. The van der Waals surface area contributed by atoms with E-state index < -0.39 is 53.3 Å². The largest absolute Gasteiger partial charge is 0.416 e. The second-order valence-corrected chi connectivity index (χ2v) is 12.3. The molecular formula is C33H30F4N6O4. The Kier molecular flexibility index (Phi) is 7.54. The van der Waals surface area contributed by atoms with Crippen LogP contribution >= 0.6 is 0 Å². The number of nitrogens with one attached hydrogen (secondary N) is 1. The number of likely N-dealkylation sites (tertiary alicyclic amines) is 1. The van der Waals surface area contributed by atoms with E-state index in [0.29, 0.717) is 42.5 Å².